The van der Waals surface area contributed by atoms with Crippen molar-refractivity contribution >= 4 is 0 Å². The van der Waals surface area contributed by atoms with Crippen LogP contribution in [0.2, 0.25) is 0 Å². The van der Waals surface area contributed by atoms with Crippen LogP contribution in [-0.2, 0) is 4.74 Å². The van der Waals surface area contributed by atoms with Crippen LogP contribution in [0.1, 0.15) is 24.5 Å². The molecule has 0 bridgehead atoms. The van der Waals surface area contributed by atoms with Crippen molar-refractivity contribution in [2.24, 2.45) is 0 Å². The molecule has 86 valence electrons. The van der Waals surface area contributed by atoms with Crippen LogP contribution in [0, 0.1) is 11.6 Å². The molecule has 3 atom stereocenters. The molecular formula is C12H13F2NO. The van der Waals surface area contributed by atoms with E-state index in [1.54, 1.807) is 6.07 Å². The number of rotatable bonds is 2. The van der Waals surface area contributed by atoms with Gasteiger partial charge < -0.3 is 10.1 Å². The minimum absolute atomic E-state index is 0.0642. The van der Waals surface area contributed by atoms with Gasteiger partial charge in [-0.1, -0.05) is 6.07 Å². The largest absolute Gasteiger partial charge is 0.363 e. The first-order chi connectivity index (χ1) is 7.75. The quantitative estimate of drug-likeness (QED) is 0.780. The first kappa shape index (κ1) is 10.2. The Bertz CT molecular complexity index is 404. The minimum Gasteiger partial charge on any atom is -0.363 e. The van der Waals surface area contributed by atoms with Crippen LogP contribution in [-0.4, -0.2) is 18.7 Å². The van der Waals surface area contributed by atoms with Crippen LogP contribution in [0.4, 0.5) is 8.78 Å². The predicted octanol–water partition coefficient (Wildman–Crippen LogP) is 2.16. The summed E-state index contributed by atoms with van der Waals surface area (Å²) in [5.41, 5.74) is 0.734. The molecule has 2 aliphatic heterocycles. The van der Waals surface area contributed by atoms with Crippen molar-refractivity contribution in [3.63, 3.8) is 0 Å². The summed E-state index contributed by atoms with van der Waals surface area (Å²) in [6.45, 7) is 1.02. The first-order valence-electron chi connectivity index (χ1n) is 5.59. The van der Waals surface area contributed by atoms with Crippen molar-refractivity contribution in [1.29, 1.82) is 0 Å². The van der Waals surface area contributed by atoms with Crippen molar-refractivity contribution < 1.29 is 13.5 Å². The maximum atomic E-state index is 13.0. The van der Waals surface area contributed by atoms with Crippen LogP contribution in [0.25, 0.3) is 0 Å². The van der Waals surface area contributed by atoms with Gasteiger partial charge >= 0.3 is 0 Å². The molecule has 0 radical (unpaired) electrons. The summed E-state index contributed by atoms with van der Waals surface area (Å²) in [4.78, 5) is 0. The molecule has 0 amide bonds. The lowest BCUT2D eigenvalue weighted by Gasteiger charge is -2.05. The molecule has 16 heavy (non-hydrogen) atoms. The van der Waals surface area contributed by atoms with Gasteiger partial charge in [0.1, 0.15) is 12.2 Å². The third-order valence-electron chi connectivity index (χ3n) is 3.29. The highest BCUT2D eigenvalue weighted by Crippen LogP contribution is 2.42. The lowest BCUT2D eigenvalue weighted by Crippen LogP contribution is -2.27. The Morgan fingerprint density at radius 1 is 1.25 bits per heavy atom. The molecule has 3 rings (SSSR count). The molecule has 2 saturated heterocycles. The molecule has 4 heteroatoms. The standard InChI is InChI=1S/C12H13F2NO/c13-8-4-3-7(6-9(8)14)11-12(16-11)10-2-1-5-15-10/h3-4,6,10-12,15H,1-2,5H2/t10?,11-,12?/m1/s1. The van der Waals surface area contributed by atoms with Crippen LogP contribution in [0.15, 0.2) is 18.2 Å². The summed E-state index contributed by atoms with van der Waals surface area (Å²) in [5, 5.41) is 3.35. The number of epoxide rings is 1. The van der Waals surface area contributed by atoms with Gasteiger partial charge in [0, 0.05) is 6.04 Å². The monoisotopic (exact) mass is 225 g/mol. The summed E-state index contributed by atoms with van der Waals surface area (Å²) >= 11 is 0. The van der Waals surface area contributed by atoms with Crippen LogP contribution >= 0.6 is 0 Å². The highest BCUT2D eigenvalue weighted by Gasteiger charge is 2.46. The second-order valence-corrected chi connectivity index (χ2v) is 4.40. The molecule has 0 saturated carbocycles. The molecule has 2 fully saturated rings. The maximum absolute atomic E-state index is 13.0. The van der Waals surface area contributed by atoms with E-state index in [2.05, 4.69) is 5.32 Å². The van der Waals surface area contributed by atoms with E-state index >= 15 is 0 Å². The van der Waals surface area contributed by atoms with E-state index in [9.17, 15) is 8.78 Å². The van der Waals surface area contributed by atoms with Gasteiger partial charge in [-0.25, -0.2) is 8.78 Å². The van der Waals surface area contributed by atoms with Crippen LogP contribution in [0.3, 0.4) is 0 Å². The topological polar surface area (TPSA) is 24.6 Å². The Morgan fingerprint density at radius 3 is 2.81 bits per heavy atom. The Labute approximate surface area is 92.6 Å². The predicted molar refractivity (Wildman–Crippen MR) is 55.0 cm³/mol. The Balaban J connectivity index is 1.72. The van der Waals surface area contributed by atoms with E-state index in [-0.39, 0.29) is 12.2 Å². The summed E-state index contributed by atoms with van der Waals surface area (Å²) < 4.78 is 31.3. The van der Waals surface area contributed by atoms with E-state index in [1.165, 1.54) is 6.07 Å². The molecular weight excluding hydrogens is 212 g/mol. The zero-order valence-electron chi connectivity index (χ0n) is 8.75. The second kappa shape index (κ2) is 3.79. The summed E-state index contributed by atoms with van der Waals surface area (Å²) in [6.07, 6.45) is 2.33. The number of halogens is 2. The van der Waals surface area contributed by atoms with E-state index < -0.39 is 11.6 Å². The van der Waals surface area contributed by atoms with Crippen molar-refractivity contribution in [3.05, 3.63) is 35.4 Å². The fourth-order valence-electron chi connectivity index (χ4n) is 2.38. The summed E-state index contributed by atoms with van der Waals surface area (Å²) in [7, 11) is 0. The average molecular weight is 225 g/mol. The summed E-state index contributed by atoms with van der Waals surface area (Å²) in [5.74, 6) is -1.61. The fourth-order valence-corrected chi connectivity index (χ4v) is 2.38. The average Bonchev–Trinajstić information content (AvgIpc) is 2.88. The zero-order chi connectivity index (χ0) is 11.1. The Morgan fingerprint density at radius 2 is 2.12 bits per heavy atom. The van der Waals surface area contributed by atoms with Gasteiger partial charge in [-0.2, -0.15) is 0 Å². The molecule has 2 heterocycles. The van der Waals surface area contributed by atoms with E-state index in [0.717, 1.165) is 31.0 Å². The second-order valence-electron chi connectivity index (χ2n) is 4.40. The molecule has 1 N–H and O–H groups in total. The molecule has 2 nitrogen and oxygen atoms in total. The highest BCUT2D eigenvalue weighted by molar-refractivity contribution is 5.25. The molecule has 2 aliphatic rings. The SMILES string of the molecule is Fc1ccc([C@H]2OC2C2CCCN2)cc1F. The van der Waals surface area contributed by atoms with Crippen molar-refractivity contribution in [1.82, 2.24) is 5.32 Å². The van der Waals surface area contributed by atoms with Crippen LogP contribution < -0.4 is 5.32 Å². The summed E-state index contributed by atoms with van der Waals surface area (Å²) in [6, 6.07) is 4.36. The number of ether oxygens (including phenoxy) is 1. The third kappa shape index (κ3) is 1.72. The number of benzene rings is 1. The molecule has 2 unspecified atom stereocenters. The molecule has 0 aliphatic carbocycles. The molecule has 1 aromatic rings. The van der Waals surface area contributed by atoms with Gasteiger partial charge in [-0.15, -0.1) is 0 Å². The molecule has 0 aromatic heterocycles. The van der Waals surface area contributed by atoms with E-state index in [1.807, 2.05) is 0 Å². The van der Waals surface area contributed by atoms with Gasteiger partial charge in [0.2, 0.25) is 0 Å². The maximum Gasteiger partial charge on any atom is 0.159 e. The van der Waals surface area contributed by atoms with Crippen molar-refractivity contribution in [2.45, 2.75) is 31.1 Å². The van der Waals surface area contributed by atoms with Gasteiger partial charge in [-0.05, 0) is 37.1 Å². The number of nitrogens with one attached hydrogen (secondary N) is 1. The van der Waals surface area contributed by atoms with E-state index in [4.69, 9.17) is 4.74 Å². The minimum atomic E-state index is -0.806. The first-order valence-corrected chi connectivity index (χ1v) is 5.59. The number of hydrogen-bond donors (Lipinski definition) is 1. The van der Waals surface area contributed by atoms with E-state index in [0.29, 0.717) is 6.04 Å². The Hall–Kier alpha value is -1.00. The lowest BCUT2D eigenvalue weighted by molar-refractivity contribution is 0.339. The molecule has 1 aromatic carbocycles. The number of hydrogen-bond acceptors (Lipinski definition) is 2. The van der Waals surface area contributed by atoms with Crippen molar-refractivity contribution in [3.8, 4) is 0 Å². The van der Waals surface area contributed by atoms with Gasteiger partial charge in [-0.3, -0.25) is 0 Å². The normalized spacial score (nSPS) is 33.0. The van der Waals surface area contributed by atoms with Gasteiger partial charge in [0.05, 0.1) is 0 Å². The Kier molecular flexibility index (Phi) is 2.41. The lowest BCUT2D eigenvalue weighted by atomic mass is 10.0. The van der Waals surface area contributed by atoms with Gasteiger partial charge in [0.15, 0.2) is 11.6 Å². The molecule has 0 spiro atoms. The zero-order valence-corrected chi connectivity index (χ0v) is 8.75. The highest BCUT2D eigenvalue weighted by atomic mass is 19.2. The third-order valence-corrected chi connectivity index (χ3v) is 3.29. The van der Waals surface area contributed by atoms with Crippen molar-refractivity contribution in [2.75, 3.05) is 6.54 Å². The smallest absolute Gasteiger partial charge is 0.159 e. The van der Waals surface area contributed by atoms with Crippen LogP contribution in [0.5, 0.6) is 0 Å². The fraction of sp³-hybridized carbons (Fsp3) is 0.500. The van der Waals surface area contributed by atoms with Gasteiger partial charge in [0.25, 0.3) is 0 Å².